The van der Waals surface area contributed by atoms with Gasteiger partial charge in [0.2, 0.25) is 0 Å². The Morgan fingerprint density at radius 1 is 1.33 bits per heavy atom. The number of H-pyrrole nitrogens is 1. The predicted octanol–water partition coefficient (Wildman–Crippen LogP) is 2.92. The summed E-state index contributed by atoms with van der Waals surface area (Å²) in [6.07, 6.45) is 0.204. The Morgan fingerprint density at radius 3 is 2.71 bits per heavy atom. The van der Waals surface area contributed by atoms with E-state index in [1.165, 1.54) is 5.56 Å². The zero-order chi connectivity index (χ0) is 15.6. The average Bonchev–Trinajstić information content (AvgIpc) is 2.73. The number of amides is 1. The summed E-state index contributed by atoms with van der Waals surface area (Å²) in [6, 6.07) is 5.68. The maximum Gasteiger partial charge on any atom is 0.251 e. The Morgan fingerprint density at radius 2 is 2.05 bits per heavy atom. The third-order valence-corrected chi connectivity index (χ3v) is 4.07. The summed E-state index contributed by atoms with van der Waals surface area (Å²) in [5.41, 5.74) is 4.01. The first-order chi connectivity index (χ1) is 9.90. The van der Waals surface area contributed by atoms with Gasteiger partial charge in [0.25, 0.3) is 5.91 Å². The molecule has 0 saturated heterocycles. The molecule has 0 aliphatic heterocycles. The minimum absolute atomic E-state index is 0.0916. The van der Waals surface area contributed by atoms with Crippen molar-refractivity contribution in [3.05, 3.63) is 35.0 Å². The smallest absolute Gasteiger partial charge is 0.251 e. The molecule has 114 valence electrons. The second kappa shape index (κ2) is 6.31. The first kappa shape index (κ1) is 15.6. The molecule has 0 fully saturated rings. The third kappa shape index (κ3) is 3.45. The maximum atomic E-state index is 12.2. The van der Waals surface area contributed by atoms with Crippen LogP contribution in [0.1, 0.15) is 41.9 Å². The van der Waals surface area contributed by atoms with E-state index >= 15 is 0 Å². The summed E-state index contributed by atoms with van der Waals surface area (Å²) >= 11 is 0. The zero-order valence-electron chi connectivity index (χ0n) is 13.2. The third-order valence-electron chi connectivity index (χ3n) is 4.07. The zero-order valence-corrected chi connectivity index (χ0v) is 13.2. The molecule has 0 saturated carbocycles. The highest BCUT2D eigenvalue weighted by Gasteiger charge is 2.12. The lowest BCUT2D eigenvalue weighted by molar-refractivity contribution is 0.0920. The predicted molar refractivity (Wildman–Crippen MR) is 85.6 cm³/mol. The first-order valence-electron chi connectivity index (χ1n) is 7.45. The molecule has 1 aromatic heterocycles. The van der Waals surface area contributed by atoms with Crippen molar-refractivity contribution in [1.82, 2.24) is 10.3 Å². The van der Waals surface area contributed by atoms with E-state index in [1.54, 1.807) is 0 Å². The second-order valence-electron chi connectivity index (χ2n) is 5.99. The Hall–Kier alpha value is -1.81. The number of fused-ring (bicyclic) bond motifs is 1. The van der Waals surface area contributed by atoms with E-state index in [1.807, 2.05) is 39.0 Å². The molecule has 0 aliphatic carbocycles. The van der Waals surface area contributed by atoms with E-state index < -0.39 is 0 Å². The van der Waals surface area contributed by atoms with Crippen molar-refractivity contribution < 1.29 is 9.90 Å². The van der Waals surface area contributed by atoms with Gasteiger partial charge in [-0.15, -0.1) is 0 Å². The van der Waals surface area contributed by atoms with Crippen LogP contribution in [-0.2, 0) is 0 Å². The van der Waals surface area contributed by atoms with Crippen LogP contribution in [0.25, 0.3) is 10.9 Å². The normalized spacial score (nSPS) is 12.9. The van der Waals surface area contributed by atoms with Gasteiger partial charge in [-0.25, -0.2) is 0 Å². The summed E-state index contributed by atoms with van der Waals surface area (Å²) in [5.74, 6) is 0.120. The fourth-order valence-electron chi connectivity index (χ4n) is 2.37. The lowest BCUT2D eigenvalue weighted by Crippen LogP contribution is -2.28. The van der Waals surface area contributed by atoms with Gasteiger partial charge in [-0.3, -0.25) is 4.79 Å². The number of aryl methyl sites for hydroxylation is 2. The molecule has 1 atom stereocenters. The van der Waals surface area contributed by atoms with Gasteiger partial charge in [0.1, 0.15) is 0 Å². The maximum absolute atomic E-state index is 12.2. The van der Waals surface area contributed by atoms with E-state index in [-0.39, 0.29) is 17.9 Å². The fraction of sp³-hybridized carbons (Fsp3) is 0.471. The average molecular weight is 288 g/mol. The van der Waals surface area contributed by atoms with Crippen LogP contribution in [0, 0.1) is 19.8 Å². The molecule has 4 nitrogen and oxygen atoms in total. The van der Waals surface area contributed by atoms with Crippen molar-refractivity contribution in [3.63, 3.8) is 0 Å². The van der Waals surface area contributed by atoms with Crippen LogP contribution in [-0.4, -0.2) is 28.6 Å². The molecule has 0 radical (unpaired) electrons. The summed E-state index contributed by atoms with van der Waals surface area (Å²) in [5, 5.41) is 13.7. The van der Waals surface area contributed by atoms with Gasteiger partial charge in [-0.2, -0.15) is 0 Å². The number of aromatic nitrogens is 1. The van der Waals surface area contributed by atoms with Crippen LogP contribution < -0.4 is 5.32 Å². The molecule has 1 aromatic carbocycles. The van der Waals surface area contributed by atoms with Crippen molar-refractivity contribution >= 4 is 16.8 Å². The molecular weight excluding hydrogens is 264 g/mol. The van der Waals surface area contributed by atoms with Crippen LogP contribution in [0.3, 0.4) is 0 Å². The molecule has 1 heterocycles. The van der Waals surface area contributed by atoms with Crippen molar-refractivity contribution in [2.75, 3.05) is 6.54 Å². The van der Waals surface area contributed by atoms with Gasteiger partial charge in [0, 0.05) is 28.7 Å². The SMILES string of the molecule is Cc1[nH]c2ccc(C(=O)NCCC(O)C(C)C)cc2c1C. The highest BCUT2D eigenvalue weighted by atomic mass is 16.3. The van der Waals surface area contributed by atoms with Crippen LogP contribution in [0.5, 0.6) is 0 Å². The Bertz CT molecular complexity index is 644. The fourth-order valence-corrected chi connectivity index (χ4v) is 2.37. The number of hydrogen-bond donors (Lipinski definition) is 3. The highest BCUT2D eigenvalue weighted by molar-refractivity contribution is 5.99. The number of nitrogens with one attached hydrogen (secondary N) is 2. The van der Waals surface area contributed by atoms with Crippen LogP contribution in [0.15, 0.2) is 18.2 Å². The molecule has 2 aromatic rings. The number of hydrogen-bond acceptors (Lipinski definition) is 2. The first-order valence-corrected chi connectivity index (χ1v) is 7.45. The van der Waals surface area contributed by atoms with Crippen LogP contribution in [0.2, 0.25) is 0 Å². The van der Waals surface area contributed by atoms with Gasteiger partial charge >= 0.3 is 0 Å². The minimum Gasteiger partial charge on any atom is -0.393 e. The van der Waals surface area contributed by atoms with E-state index in [2.05, 4.69) is 17.2 Å². The molecular formula is C17H24N2O2. The molecule has 1 amide bonds. The lowest BCUT2D eigenvalue weighted by atomic mass is 10.0. The Balaban J connectivity index is 2.04. The molecule has 0 spiro atoms. The van der Waals surface area contributed by atoms with E-state index in [9.17, 15) is 9.90 Å². The van der Waals surface area contributed by atoms with Crippen molar-refractivity contribution in [2.24, 2.45) is 5.92 Å². The van der Waals surface area contributed by atoms with Crippen molar-refractivity contribution in [3.8, 4) is 0 Å². The largest absolute Gasteiger partial charge is 0.393 e. The van der Waals surface area contributed by atoms with Gasteiger partial charge < -0.3 is 15.4 Å². The minimum atomic E-state index is -0.373. The summed E-state index contributed by atoms with van der Waals surface area (Å²) in [6.45, 7) is 8.51. The molecule has 3 N–H and O–H groups in total. The molecule has 4 heteroatoms. The van der Waals surface area contributed by atoms with E-state index in [0.717, 1.165) is 16.6 Å². The highest BCUT2D eigenvalue weighted by Crippen LogP contribution is 2.22. The number of carbonyl (C=O) groups excluding carboxylic acids is 1. The lowest BCUT2D eigenvalue weighted by Gasteiger charge is -2.14. The summed E-state index contributed by atoms with van der Waals surface area (Å²) < 4.78 is 0. The Kier molecular flexibility index (Phi) is 4.68. The summed E-state index contributed by atoms with van der Waals surface area (Å²) in [4.78, 5) is 15.5. The topological polar surface area (TPSA) is 65.1 Å². The molecule has 1 unspecified atom stereocenters. The Labute approximate surface area is 125 Å². The standard InChI is InChI=1S/C17H24N2O2/c1-10(2)16(20)7-8-18-17(21)13-5-6-15-14(9-13)11(3)12(4)19-15/h5-6,9-10,16,19-20H,7-8H2,1-4H3,(H,18,21). The van der Waals surface area contributed by atoms with Crippen LogP contribution in [0.4, 0.5) is 0 Å². The quantitative estimate of drug-likeness (QED) is 0.792. The van der Waals surface area contributed by atoms with Gasteiger partial charge in [-0.1, -0.05) is 13.8 Å². The number of aromatic amines is 1. The van der Waals surface area contributed by atoms with E-state index in [0.29, 0.717) is 18.5 Å². The van der Waals surface area contributed by atoms with Crippen molar-refractivity contribution in [1.29, 1.82) is 0 Å². The van der Waals surface area contributed by atoms with Crippen LogP contribution >= 0.6 is 0 Å². The number of benzene rings is 1. The van der Waals surface area contributed by atoms with Gasteiger partial charge in [0.15, 0.2) is 0 Å². The number of carbonyl (C=O) groups is 1. The monoisotopic (exact) mass is 288 g/mol. The molecule has 21 heavy (non-hydrogen) atoms. The number of aliphatic hydroxyl groups excluding tert-OH is 1. The summed E-state index contributed by atoms with van der Waals surface area (Å²) in [7, 11) is 0. The molecule has 2 rings (SSSR count). The number of rotatable bonds is 5. The van der Waals surface area contributed by atoms with E-state index in [4.69, 9.17) is 0 Å². The van der Waals surface area contributed by atoms with Crippen molar-refractivity contribution in [2.45, 2.75) is 40.2 Å². The number of aliphatic hydroxyl groups is 1. The molecule has 0 aliphatic rings. The van der Waals surface area contributed by atoms with Gasteiger partial charge in [0.05, 0.1) is 6.10 Å². The molecule has 0 bridgehead atoms. The van der Waals surface area contributed by atoms with Gasteiger partial charge in [-0.05, 0) is 49.9 Å². The second-order valence-corrected chi connectivity index (χ2v) is 5.99.